The zero-order chi connectivity index (χ0) is 24.8. The van der Waals surface area contributed by atoms with Gasteiger partial charge in [-0.2, -0.15) is 11.8 Å². The Balaban J connectivity index is 5.45. The number of rotatable bonds is 16. The highest BCUT2D eigenvalue weighted by Gasteiger charge is 2.31. The maximum Gasteiger partial charge on any atom is 0.328 e. The first-order chi connectivity index (χ1) is 14.9. The van der Waals surface area contributed by atoms with Crippen molar-refractivity contribution in [3.63, 3.8) is 0 Å². The minimum Gasteiger partial charge on any atom is -0.480 e. The van der Waals surface area contributed by atoms with Gasteiger partial charge >= 0.3 is 5.97 Å². The number of nitrogens with one attached hydrogen (secondary N) is 3. The molecule has 0 aliphatic carbocycles. The first kappa shape index (κ1) is 29.1. The Kier molecular flexibility index (Phi) is 13.6. The van der Waals surface area contributed by atoms with Crippen LogP contribution in [0.4, 0.5) is 0 Å². The van der Waals surface area contributed by atoms with Crippen LogP contribution in [0.2, 0.25) is 0 Å². The molecular formula is C17H30N6O8S. The lowest BCUT2D eigenvalue weighted by Gasteiger charge is -2.24. The van der Waals surface area contributed by atoms with Gasteiger partial charge in [-0.3, -0.25) is 24.0 Å². The average Bonchev–Trinajstić information content (AvgIpc) is 2.71. The molecule has 0 heterocycles. The molecule has 182 valence electrons. The Labute approximate surface area is 188 Å². The number of hydrogen-bond acceptors (Lipinski definition) is 9. The third-order valence-electron chi connectivity index (χ3n) is 4.12. The molecule has 0 saturated heterocycles. The predicted octanol–water partition coefficient (Wildman–Crippen LogP) is -4.26. The number of carbonyl (C=O) groups is 6. The molecule has 0 aromatic heterocycles. The molecule has 0 aromatic rings. The van der Waals surface area contributed by atoms with Crippen molar-refractivity contribution in [2.75, 3.05) is 18.6 Å². The smallest absolute Gasteiger partial charge is 0.328 e. The Morgan fingerprint density at radius 1 is 0.844 bits per heavy atom. The molecule has 0 fully saturated rings. The van der Waals surface area contributed by atoms with E-state index in [1.807, 2.05) is 11.6 Å². The molecule has 0 rings (SSSR count). The minimum atomic E-state index is -1.69. The van der Waals surface area contributed by atoms with Crippen molar-refractivity contribution in [2.45, 2.75) is 49.9 Å². The third kappa shape index (κ3) is 11.5. The van der Waals surface area contributed by atoms with E-state index < -0.39 is 72.7 Å². The zero-order valence-electron chi connectivity index (χ0n) is 17.5. The van der Waals surface area contributed by atoms with Gasteiger partial charge in [-0.05, 0) is 24.9 Å². The van der Waals surface area contributed by atoms with E-state index in [1.54, 1.807) is 0 Å². The molecular weight excluding hydrogens is 448 g/mol. The fourth-order valence-electron chi connectivity index (χ4n) is 2.35. The van der Waals surface area contributed by atoms with E-state index in [9.17, 15) is 28.8 Å². The summed E-state index contributed by atoms with van der Waals surface area (Å²) in [6.45, 7) is -0.941. The Morgan fingerprint density at radius 3 is 1.84 bits per heavy atom. The average molecular weight is 479 g/mol. The van der Waals surface area contributed by atoms with Crippen molar-refractivity contribution < 1.29 is 39.0 Å². The second-order valence-corrected chi connectivity index (χ2v) is 7.75. The lowest BCUT2D eigenvalue weighted by atomic mass is 10.1. The summed E-state index contributed by atoms with van der Waals surface area (Å²) in [6, 6.07) is -5.55. The predicted molar refractivity (Wildman–Crippen MR) is 114 cm³/mol. The quantitative estimate of drug-likeness (QED) is 0.106. The van der Waals surface area contributed by atoms with Crippen LogP contribution >= 0.6 is 11.8 Å². The molecule has 11 N–H and O–H groups in total. The van der Waals surface area contributed by atoms with Crippen LogP contribution in [-0.2, 0) is 28.8 Å². The van der Waals surface area contributed by atoms with Crippen LogP contribution in [0.25, 0.3) is 0 Å². The highest BCUT2D eigenvalue weighted by molar-refractivity contribution is 7.98. The van der Waals surface area contributed by atoms with Crippen molar-refractivity contribution >= 4 is 47.3 Å². The molecule has 0 aliphatic heterocycles. The third-order valence-corrected chi connectivity index (χ3v) is 4.76. The summed E-state index contributed by atoms with van der Waals surface area (Å²) in [4.78, 5) is 70.7. The van der Waals surface area contributed by atoms with Gasteiger partial charge in [0.2, 0.25) is 29.5 Å². The van der Waals surface area contributed by atoms with E-state index in [0.717, 1.165) is 0 Å². The summed E-state index contributed by atoms with van der Waals surface area (Å²) in [5.41, 5.74) is 16.0. The lowest BCUT2D eigenvalue weighted by molar-refractivity contribution is -0.143. The van der Waals surface area contributed by atoms with Crippen LogP contribution in [0.1, 0.15) is 25.7 Å². The number of aliphatic hydroxyl groups is 1. The molecule has 0 aromatic carbocycles. The van der Waals surface area contributed by atoms with Gasteiger partial charge in [-0.25, -0.2) is 4.79 Å². The largest absolute Gasteiger partial charge is 0.480 e. The van der Waals surface area contributed by atoms with E-state index in [1.165, 1.54) is 11.8 Å². The molecule has 0 bridgehead atoms. The number of carbonyl (C=O) groups excluding carboxylic acids is 5. The second kappa shape index (κ2) is 15.0. The lowest BCUT2D eigenvalue weighted by Crippen LogP contribution is -2.58. The van der Waals surface area contributed by atoms with Crippen LogP contribution in [0.15, 0.2) is 0 Å². The van der Waals surface area contributed by atoms with Crippen LogP contribution in [0, 0.1) is 0 Å². The van der Waals surface area contributed by atoms with Gasteiger partial charge < -0.3 is 43.4 Å². The van der Waals surface area contributed by atoms with E-state index in [4.69, 9.17) is 27.4 Å². The van der Waals surface area contributed by atoms with Crippen LogP contribution in [0.3, 0.4) is 0 Å². The molecule has 32 heavy (non-hydrogen) atoms. The second-order valence-electron chi connectivity index (χ2n) is 6.77. The Bertz CT molecular complexity index is 707. The van der Waals surface area contributed by atoms with Gasteiger partial charge in [0, 0.05) is 6.42 Å². The van der Waals surface area contributed by atoms with E-state index in [-0.39, 0.29) is 12.8 Å². The molecule has 0 aliphatic rings. The monoisotopic (exact) mass is 478 g/mol. The molecule has 4 atom stereocenters. The Hall–Kier alpha value is -2.91. The van der Waals surface area contributed by atoms with Crippen LogP contribution < -0.4 is 33.2 Å². The SMILES string of the molecule is CSCCC(N)C(=O)NC(CCC(N)=O)C(=O)NC(CC(N)=O)C(=O)NC(CO)C(=O)O. The maximum atomic E-state index is 12.7. The number of aliphatic hydroxyl groups excluding tert-OH is 1. The summed E-state index contributed by atoms with van der Waals surface area (Å²) in [7, 11) is 0. The summed E-state index contributed by atoms with van der Waals surface area (Å²) >= 11 is 1.46. The van der Waals surface area contributed by atoms with Gasteiger partial charge in [0.05, 0.1) is 19.1 Å². The number of amides is 5. The Morgan fingerprint density at radius 2 is 1.38 bits per heavy atom. The van der Waals surface area contributed by atoms with Gasteiger partial charge in [-0.1, -0.05) is 0 Å². The molecule has 0 saturated carbocycles. The first-order valence-electron chi connectivity index (χ1n) is 9.48. The van der Waals surface area contributed by atoms with E-state index in [2.05, 4.69) is 10.6 Å². The zero-order valence-corrected chi connectivity index (χ0v) is 18.4. The van der Waals surface area contributed by atoms with E-state index >= 15 is 0 Å². The van der Waals surface area contributed by atoms with E-state index in [0.29, 0.717) is 12.2 Å². The molecule has 0 radical (unpaired) electrons. The van der Waals surface area contributed by atoms with Gasteiger partial charge in [0.15, 0.2) is 0 Å². The number of primary amides is 2. The maximum absolute atomic E-state index is 12.7. The molecule has 4 unspecified atom stereocenters. The normalized spacial score (nSPS) is 14.3. The van der Waals surface area contributed by atoms with Crippen LogP contribution in [0.5, 0.6) is 0 Å². The van der Waals surface area contributed by atoms with Crippen molar-refractivity contribution in [1.29, 1.82) is 0 Å². The number of carboxylic acid groups (broad SMARTS) is 1. The summed E-state index contributed by atoms with van der Waals surface area (Å²) in [6.07, 6.45) is 0.947. The number of carboxylic acids is 1. The number of hydrogen-bond donors (Lipinski definition) is 8. The standard InChI is InChI=1S/C17H30N6O8S/c1-32-5-4-8(18)14(27)21-9(2-3-12(19)25)15(28)22-10(6-13(20)26)16(29)23-11(7-24)17(30)31/h8-11,24H,2-7,18H2,1H3,(H2,19,25)(H2,20,26)(H,21,27)(H,22,28)(H,23,29)(H,30,31). The highest BCUT2D eigenvalue weighted by atomic mass is 32.2. The molecule has 15 heteroatoms. The summed E-state index contributed by atoms with van der Waals surface area (Å²) in [5.74, 6) is -5.42. The van der Waals surface area contributed by atoms with Crippen molar-refractivity contribution in [3.8, 4) is 0 Å². The summed E-state index contributed by atoms with van der Waals surface area (Å²) in [5, 5.41) is 24.5. The number of nitrogens with two attached hydrogens (primary N) is 3. The fraction of sp³-hybridized carbons (Fsp3) is 0.647. The van der Waals surface area contributed by atoms with Gasteiger partial charge in [0.25, 0.3) is 0 Å². The van der Waals surface area contributed by atoms with Gasteiger partial charge in [-0.15, -0.1) is 0 Å². The topological polar surface area (TPSA) is 257 Å². The molecule has 14 nitrogen and oxygen atoms in total. The molecule has 0 spiro atoms. The first-order valence-corrected chi connectivity index (χ1v) is 10.9. The summed E-state index contributed by atoms with van der Waals surface area (Å²) < 4.78 is 0. The van der Waals surface area contributed by atoms with Crippen molar-refractivity contribution in [1.82, 2.24) is 16.0 Å². The molecule has 5 amide bonds. The minimum absolute atomic E-state index is 0.221. The van der Waals surface area contributed by atoms with Crippen molar-refractivity contribution in [3.05, 3.63) is 0 Å². The van der Waals surface area contributed by atoms with Crippen molar-refractivity contribution in [2.24, 2.45) is 17.2 Å². The fourth-order valence-corrected chi connectivity index (χ4v) is 2.84. The number of thioether (sulfide) groups is 1. The highest BCUT2D eigenvalue weighted by Crippen LogP contribution is 2.04. The van der Waals surface area contributed by atoms with Gasteiger partial charge in [0.1, 0.15) is 18.1 Å². The number of aliphatic carboxylic acids is 1. The van der Waals surface area contributed by atoms with Crippen LogP contribution in [-0.4, -0.2) is 88.5 Å².